The molecule has 4 rings (SSSR count). The molecule has 0 spiro atoms. The zero-order valence-electron chi connectivity index (χ0n) is 23.8. The van der Waals surface area contributed by atoms with Crippen molar-refractivity contribution in [2.24, 2.45) is 0 Å². The zero-order chi connectivity index (χ0) is 32.0. The fourth-order valence-electron chi connectivity index (χ4n) is 4.58. The molecule has 1 atom stereocenters. The molecule has 230 valence electrons. The number of sulfonamides is 1. The van der Waals surface area contributed by atoms with E-state index in [1.54, 1.807) is 30.3 Å². The summed E-state index contributed by atoms with van der Waals surface area (Å²) >= 11 is 25.2. The molecule has 4 aromatic rings. The molecule has 0 aliphatic heterocycles. The Kier molecular flexibility index (Phi) is 11.2. The van der Waals surface area contributed by atoms with Gasteiger partial charge in [-0.1, -0.05) is 100 Å². The lowest BCUT2D eigenvalue weighted by atomic mass is 10.0. The molecule has 0 aliphatic carbocycles. The van der Waals surface area contributed by atoms with E-state index in [1.165, 1.54) is 42.3 Å². The first-order chi connectivity index (χ1) is 20.9. The van der Waals surface area contributed by atoms with Gasteiger partial charge in [-0.15, -0.1) is 0 Å². The summed E-state index contributed by atoms with van der Waals surface area (Å²) in [6.45, 7) is 1.08. The maximum absolute atomic E-state index is 14.4. The molecular weight excluding hydrogens is 664 g/mol. The number of nitrogens with zero attached hydrogens (tertiary/aromatic N) is 2. The second kappa shape index (κ2) is 14.7. The van der Waals surface area contributed by atoms with E-state index in [2.05, 4.69) is 5.32 Å². The van der Waals surface area contributed by atoms with Crippen LogP contribution in [-0.4, -0.2) is 44.8 Å². The molecule has 44 heavy (non-hydrogen) atoms. The Morgan fingerprint density at radius 3 is 2.09 bits per heavy atom. The molecule has 0 unspecified atom stereocenters. The van der Waals surface area contributed by atoms with E-state index in [0.717, 1.165) is 15.4 Å². The van der Waals surface area contributed by atoms with Crippen LogP contribution in [0.3, 0.4) is 0 Å². The summed E-state index contributed by atoms with van der Waals surface area (Å²) in [6.07, 6.45) is 0.163. The van der Waals surface area contributed by atoms with E-state index in [9.17, 15) is 18.0 Å². The van der Waals surface area contributed by atoms with Crippen LogP contribution < -0.4 is 9.62 Å². The summed E-state index contributed by atoms with van der Waals surface area (Å²) in [4.78, 5) is 29.0. The molecule has 1 N–H and O–H groups in total. The van der Waals surface area contributed by atoms with E-state index >= 15 is 0 Å². The van der Waals surface area contributed by atoms with Crippen molar-refractivity contribution in [3.63, 3.8) is 0 Å². The van der Waals surface area contributed by atoms with Gasteiger partial charge in [-0.3, -0.25) is 13.9 Å². The quantitative estimate of drug-likeness (QED) is 0.180. The Bertz CT molecular complexity index is 1750. The maximum atomic E-state index is 14.4. The maximum Gasteiger partial charge on any atom is 0.264 e. The molecule has 0 aliphatic rings. The molecule has 0 aromatic heterocycles. The SMILES string of the molecule is CNC(=O)[C@H](Cc1ccccc1)N(Cc1ccc(Cl)c(Cl)c1)C(=O)CN(c1cc(Cl)ccc1Cl)S(=O)(=O)c1ccc(C)cc1. The van der Waals surface area contributed by atoms with Crippen LogP contribution in [0.4, 0.5) is 5.69 Å². The Hall–Kier alpha value is -3.27. The summed E-state index contributed by atoms with van der Waals surface area (Å²) in [5, 5.41) is 3.53. The molecule has 0 fully saturated rings. The predicted octanol–water partition coefficient (Wildman–Crippen LogP) is 7.19. The minimum atomic E-state index is -4.33. The summed E-state index contributed by atoms with van der Waals surface area (Å²) in [5.74, 6) is -1.09. The monoisotopic (exact) mass is 691 g/mol. The number of nitrogens with one attached hydrogen (secondary N) is 1. The molecular formula is C32H29Cl4N3O4S. The third kappa shape index (κ3) is 8.06. The van der Waals surface area contributed by atoms with Crippen LogP contribution in [0.1, 0.15) is 16.7 Å². The fourth-order valence-corrected chi connectivity index (χ4v) is 6.76. The Morgan fingerprint density at radius 2 is 1.45 bits per heavy atom. The van der Waals surface area contributed by atoms with E-state index < -0.39 is 34.4 Å². The number of amides is 2. The predicted molar refractivity (Wildman–Crippen MR) is 177 cm³/mol. The standard InChI is InChI=1S/C32H29Cl4N3O4S/c1-21-8-12-25(13-9-21)44(42,43)39(29-18-24(33)11-15-27(29)35)20-31(40)38(19-23-10-14-26(34)28(36)16-23)30(32(41)37-2)17-22-6-4-3-5-7-22/h3-16,18,30H,17,19-20H2,1-2H3,(H,37,41)/t30-/m0/s1. The van der Waals surface area contributed by atoms with Crippen molar-refractivity contribution in [2.75, 3.05) is 17.9 Å². The van der Waals surface area contributed by atoms with Crippen molar-refractivity contribution >= 4 is 73.9 Å². The highest BCUT2D eigenvalue weighted by atomic mass is 35.5. The number of benzene rings is 4. The molecule has 0 bridgehead atoms. The molecule has 0 heterocycles. The van der Waals surface area contributed by atoms with Crippen LogP contribution in [0.5, 0.6) is 0 Å². The molecule has 12 heteroatoms. The van der Waals surface area contributed by atoms with Gasteiger partial charge in [-0.25, -0.2) is 8.42 Å². The van der Waals surface area contributed by atoms with Gasteiger partial charge in [-0.05, 0) is 60.5 Å². The highest BCUT2D eigenvalue weighted by Crippen LogP contribution is 2.33. The van der Waals surface area contributed by atoms with Crippen molar-refractivity contribution < 1.29 is 18.0 Å². The average molecular weight is 693 g/mol. The zero-order valence-corrected chi connectivity index (χ0v) is 27.6. The van der Waals surface area contributed by atoms with Gasteiger partial charge in [-0.2, -0.15) is 0 Å². The summed E-state index contributed by atoms with van der Waals surface area (Å²) in [6, 6.07) is 23.6. The van der Waals surface area contributed by atoms with Gasteiger partial charge < -0.3 is 10.2 Å². The number of aryl methyl sites for hydroxylation is 1. The van der Waals surface area contributed by atoms with Crippen molar-refractivity contribution in [1.82, 2.24) is 10.2 Å². The van der Waals surface area contributed by atoms with Crippen LogP contribution in [0, 0.1) is 6.92 Å². The highest BCUT2D eigenvalue weighted by molar-refractivity contribution is 7.92. The largest absolute Gasteiger partial charge is 0.357 e. The third-order valence-electron chi connectivity index (χ3n) is 6.92. The molecule has 0 saturated heterocycles. The Labute approximate surface area is 277 Å². The molecule has 0 saturated carbocycles. The highest BCUT2D eigenvalue weighted by Gasteiger charge is 2.35. The Balaban J connectivity index is 1.83. The number of carbonyl (C=O) groups is 2. The van der Waals surface area contributed by atoms with Crippen molar-refractivity contribution in [3.8, 4) is 0 Å². The van der Waals surface area contributed by atoms with Gasteiger partial charge in [0, 0.05) is 25.0 Å². The summed E-state index contributed by atoms with van der Waals surface area (Å²) < 4.78 is 29.1. The van der Waals surface area contributed by atoms with Gasteiger partial charge in [0.2, 0.25) is 11.8 Å². The number of halogens is 4. The van der Waals surface area contributed by atoms with Gasteiger partial charge in [0.05, 0.1) is 25.7 Å². The lowest BCUT2D eigenvalue weighted by molar-refractivity contribution is -0.139. The van der Waals surface area contributed by atoms with E-state index in [1.807, 2.05) is 37.3 Å². The number of rotatable bonds is 11. The van der Waals surface area contributed by atoms with Gasteiger partial charge in [0.25, 0.3) is 10.0 Å². The lowest BCUT2D eigenvalue weighted by Gasteiger charge is -2.34. The van der Waals surface area contributed by atoms with Gasteiger partial charge in [0.15, 0.2) is 0 Å². The van der Waals surface area contributed by atoms with Gasteiger partial charge >= 0.3 is 0 Å². The number of hydrogen-bond donors (Lipinski definition) is 1. The Morgan fingerprint density at radius 1 is 0.795 bits per heavy atom. The van der Waals surface area contributed by atoms with Crippen LogP contribution in [0.15, 0.2) is 95.9 Å². The number of anilines is 1. The first kappa shape index (κ1) is 33.6. The minimum Gasteiger partial charge on any atom is -0.357 e. The number of carbonyl (C=O) groups excluding carboxylic acids is 2. The van der Waals surface area contributed by atoms with Crippen LogP contribution in [0.2, 0.25) is 20.1 Å². The van der Waals surface area contributed by atoms with E-state index in [0.29, 0.717) is 10.6 Å². The number of likely N-dealkylation sites (N-methyl/N-ethyl adjacent to an activating group) is 1. The number of hydrogen-bond acceptors (Lipinski definition) is 4. The molecule has 4 aromatic carbocycles. The van der Waals surface area contributed by atoms with E-state index in [-0.39, 0.29) is 38.6 Å². The first-order valence-electron chi connectivity index (χ1n) is 13.4. The van der Waals surface area contributed by atoms with E-state index in [4.69, 9.17) is 46.4 Å². The van der Waals surface area contributed by atoms with Crippen molar-refractivity contribution in [2.45, 2.75) is 30.8 Å². The minimum absolute atomic E-state index is 0.0159. The van der Waals surface area contributed by atoms with Crippen molar-refractivity contribution in [1.29, 1.82) is 0 Å². The van der Waals surface area contributed by atoms with Crippen molar-refractivity contribution in [3.05, 3.63) is 128 Å². The van der Waals surface area contributed by atoms with Crippen LogP contribution in [-0.2, 0) is 32.6 Å². The normalized spacial score (nSPS) is 12.0. The molecule has 2 amide bonds. The summed E-state index contributed by atoms with van der Waals surface area (Å²) in [5.41, 5.74) is 2.26. The smallest absolute Gasteiger partial charge is 0.264 e. The molecule has 7 nitrogen and oxygen atoms in total. The fraction of sp³-hybridized carbons (Fsp3) is 0.188. The van der Waals surface area contributed by atoms with Crippen LogP contribution in [0.25, 0.3) is 0 Å². The van der Waals surface area contributed by atoms with Gasteiger partial charge in [0.1, 0.15) is 12.6 Å². The van der Waals surface area contributed by atoms with Crippen LogP contribution >= 0.6 is 46.4 Å². The average Bonchev–Trinajstić information content (AvgIpc) is 3.01. The third-order valence-corrected chi connectivity index (χ3v) is 9.99. The lowest BCUT2D eigenvalue weighted by Crippen LogP contribution is -2.53. The summed E-state index contributed by atoms with van der Waals surface area (Å²) in [7, 11) is -2.86. The molecule has 0 radical (unpaired) electrons. The first-order valence-corrected chi connectivity index (χ1v) is 16.4. The second-order valence-electron chi connectivity index (χ2n) is 10.0. The second-order valence-corrected chi connectivity index (χ2v) is 13.5. The topological polar surface area (TPSA) is 86.8 Å².